The summed E-state index contributed by atoms with van der Waals surface area (Å²) in [5.74, 6) is 0.888. The van der Waals surface area contributed by atoms with Crippen molar-refractivity contribution >= 4 is 11.0 Å². The summed E-state index contributed by atoms with van der Waals surface area (Å²) in [6.45, 7) is 6.49. The van der Waals surface area contributed by atoms with Crippen LogP contribution in [0, 0.1) is 11.3 Å². The number of aromatic nitrogens is 2. The third-order valence-corrected chi connectivity index (χ3v) is 4.04. The molecule has 5 nitrogen and oxygen atoms in total. The van der Waals surface area contributed by atoms with Crippen molar-refractivity contribution in [1.29, 1.82) is 5.26 Å². The van der Waals surface area contributed by atoms with Crippen molar-refractivity contribution in [3.05, 3.63) is 30.1 Å². The van der Waals surface area contributed by atoms with Crippen molar-refractivity contribution in [1.82, 2.24) is 19.8 Å². The van der Waals surface area contributed by atoms with Gasteiger partial charge in [-0.15, -0.1) is 0 Å². The van der Waals surface area contributed by atoms with Gasteiger partial charge in [0.1, 0.15) is 5.82 Å². The van der Waals surface area contributed by atoms with Gasteiger partial charge in [0.05, 0.1) is 23.5 Å². The monoisotopic (exact) mass is 283 g/mol. The molecule has 1 saturated heterocycles. The number of rotatable bonds is 5. The zero-order chi connectivity index (χ0) is 14.5. The van der Waals surface area contributed by atoms with Crippen molar-refractivity contribution in [3.8, 4) is 6.07 Å². The molecule has 1 aliphatic heterocycles. The number of benzene rings is 1. The Kier molecular flexibility index (Phi) is 4.49. The van der Waals surface area contributed by atoms with E-state index in [9.17, 15) is 0 Å². The van der Waals surface area contributed by atoms with Gasteiger partial charge < -0.3 is 14.8 Å². The van der Waals surface area contributed by atoms with Crippen molar-refractivity contribution in [3.63, 3.8) is 0 Å². The third kappa shape index (κ3) is 3.23. The fraction of sp³-hybridized carbons (Fsp3) is 0.500. The smallest absolute Gasteiger partial charge is 0.124 e. The van der Waals surface area contributed by atoms with E-state index in [1.165, 1.54) is 0 Å². The number of aryl methyl sites for hydroxylation is 1. The SMILES string of the molecule is N#CCc1nc2ccccc2n1CCCN1CCNCC1. The molecule has 0 saturated carbocycles. The molecule has 0 amide bonds. The number of nitrogens with zero attached hydrogens (tertiary/aromatic N) is 4. The molecule has 1 fully saturated rings. The number of nitriles is 1. The topological polar surface area (TPSA) is 56.9 Å². The molecule has 0 atom stereocenters. The van der Waals surface area contributed by atoms with Crippen LogP contribution in [0.3, 0.4) is 0 Å². The van der Waals surface area contributed by atoms with Gasteiger partial charge in [-0.2, -0.15) is 5.26 Å². The van der Waals surface area contributed by atoms with E-state index in [1.54, 1.807) is 0 Å². The van der Waals surface area contributed by atoms with E-state index >= 15 is 0 Å². The highest BCUT2D eigenvalue weighted by Gasteiger charge is 2.12. The molecule has 21 heavy (non-hydrogen) atoms. The molecule has 2 aromatic rings. The van der Waals surface area contributed by atoms with Crippen molar-refractivity contribution < 1.29 is 0 Å². The second-order valence-corrected chi connectivity index (χ2v) is 5.45. The average molecular weight is 283 g/mol. The predicted octanol–water partition coefficient (Wildman–Crippen LogP) is 1.40. The lowest BCUT2D eigenvalue weighted by Gasteiger charge is -2.27. The molecule has 0 bridgehead atoms. The van der Waals surface area contributed by atoms with Gasteiger partial charge >= 0.3 is 0 Å². The molecule has 1 aromatic heterocycles. The van der Waals surface area contributed by atoms with Gasteiger partial charge in [-0.25, -0.2) is 4.98 Å². The van der Waals surface area contributed by atoms with E-state index in [1.807, 2.05) is 18.2 Å². The minimum Gasteiger partial charge on any atom is -0.327 e. The van der Waals surface area contributed by atoms with E-state index in [-0.39, 0.29) is 0 Å². The van der Waals surface area contributed by atoms with Gasteiger partial charge in [0.2, 0.25) is 0 Å². The number of imidazole rings is 1. The fourth-order valence-electron chi connectivity index (χ4n) is 2.97. The quantitative estimate of drug-likeness (QED) is 0.901. The molecule has 2 heterocycles. The minimum atomic E-state index is 0.377. The Morgan fingerprint density at radius 1 is 1.19 bits per heavy atom. The molecule has 110 valence electrons. The molecule has 0 unspecified atom stereocenters. The number of piperazine rings is 1. The zero-order valence-electron chi connectivity index (χ0n) is 12.3. The van der Waals surface area contributed by atoms with E-state index in [2.05, 4.69) is 31.9 Å². The van der Waals surface area contributed by atoms with Gasteiger partial charge in [0.25, 0.3) is 0 Å². The third-order valence-electron chi connectivity index (χ3n) is 4.04. The van der Waals surface area contributed by atoms with Crippen LogP contribution in [0.2, 0.25) is 0 Å². The summed E-state index contributed by atoms with van der Waals surface area (Å²) in [6, 6.07) is 10.4. The van der Waals surface area contributed by atoms with Gasteiger partial charge in [-0.05, 0) is 25.1 Å². The molecular formula is C16H21N5. The van der Waals surface area contributed by atoms with Crippen LogP contribution in [0.15, 0.2) is 24.3 Å². The lowest BCUT2D eigenvalue weighted by molar-refractivity contribution is 0.234. The van der Waals surface area contributed by atoms with Gasteiger partial charge in [-0.3, -0.25) is 0 Å². The Morgan fingerprint density at radius 2 is 2.00 bits per heavy atom. The van der Waals surface area contributed by atoms with E-state index in [0.717, 1.165) is 62.5 Å². The highest BCUT2D eigenvalue weighted by atomic mass is 15.2. The lowest BCUT2D eigenvalue weighted by atomic mass is 10.3. The van der Waals surface area contributed by atoms with Crippen LogP contribution in [-0.2, 0) is 13.0 Å². The highest BCUT2D eigenvalue weighted by molar-refractivity contribution is 5.75. The summed E-state index contributed by atoms with van der Waals surface area (Å²) in [5, 5.41) is 12.4. The summed E-state index contributed by atoms with van der Waals surface area (Å²) in [4.78, 5) is 7.08. The highest BCUT2D eigenvalue weighted by Crippen LogP contribution is 2.17. The average Bonchev–Trinajstić information content (AvgIpc) is 2.87. The van der Waals surface area contributed by atoms with E-state index < -0.39 is 0 Å². The molecule has 0 aliphatic carbocycles. The Balaban J connectivity index is 1.69. The minimum absolute atomic E-state index is 0.377. The van der Waals surface area contributed by atoms with Crippen LogP contribution >= 0.6 is 0 Å². The van der Waals surface area contributed by atoms with Crippen LogP contribution in [-0.4, -0.2) is 47.2 Å². The number of hydrogen-bond acceptors (Lipinski definition) is 4. The second kappa shape index (κ2) is 6.70. The van der Waals surface area contributed by atoms with Gasteiger partial charge in [-0.1, -0.05) is 12.1 Å². The Morgan fingerprint density at radius 3 is 2.81 bits per heavy atom. The zero-order valence-corrected chi connectivity index (χ0v) is 12.3. The lowest BCUT2D eigenvalue weighted by Crippen LogP contribution is -2.43. The first-order chi connectivity index (χ1) is 10.4. The molecule has 1 aromatic carbocycles. The van der Waals surface area contributed by atoms with Gasteiger partial charge in [0, 0.05) is 32.7 Å². The molecule has 1 aliphatic rings. The van der Waals surface area contributed by atoms with Gasteiger partial charge in [0.15, 0.2) is 0 Å². The first-order valence-corrected chi connectivity index (χ1v) is 7.62. The number of hydrogen-bond donors (Lipinski definition) is 1. The van der Waals surface area contributed by atoms with Crippen LogP contribution in [0.1, 0.15) is 12.2 Å². The van der Waals surface area contributed by atoms with Crippen molar-refractivity contribution in [2.75, 3.05) is 32.7 Å². The van der Waals surface area contributed by atoms with E-state index in [4.69, 9.17) is 5.26 Å². The molecule has 0 spiro atoms. The number of nitrogens with one attached hydrogen (secondary N) is 1. The van der Waals surface area contributed by atoms with Crippen LogP contribution in [0.25, 0.3) is 11.0 Å². The molecule has 3 rings (SSSR count). The summed E-state index contributed by atoms with van der Waals surface area (Å²) < 4.78 is 2.21. The normalized spacial score (nSPS) is 16.1. The second-order valence-electron chi connectivity index (χ2n) is 5.45. The summed E-state index contributed by atoms with van der Waals surface area (Å²) >= 11 is 0. The summed E-state index contributed by atoms with van der Waals surface area (Å²) in [7, 11) is 0. The first kappa shape index (κ1) is 14.1. The number of fused-ring (bicyclic) bond motifs is 1. The first-order valence-electron chi connectivity index (χ1n) is 7.62. The van der Waals surface area contributed by atoms with E-state index in [0.29, 0.717) is 6.42 Å². The summed E-state index contributed by atoms with van der Waals surface area (Å²) in [5.41, 5.74) is 2.13. The Bertz CT molecular complexity index is 634. The molecule has 1 N–H and O–H groups in total. The Labute approximate surface area is 125 Å². The fourth-order valence-corrected chi connectivity index (χ4v) is 2.97. The number of para-hydroxylation sites is 2. The molecule has 0 radical (unpaired) electrons. The maximum atomic E-state index is 8.98. The predicted molar refractivity (Wildman–Crippen MR) is 83.0 cm³/mol. The maximum Gasteiger partial charge on any atom is 0.124 e. The van der Waals surface area contributed by atoms with Crippen LogP contribution < -0.4 is 5.32 Å². The van der Waals surface area contributed by atoms with Crippen LogP contribution in [0.5, 0.6) is 0 Å². The largest absolute Gasteiger partial charge is 0.327 e. The van der Waals surface area contributed by atoms with Crippen molar-refractivity contribution in [2.45, 2.75) is 19.4 Å². The summed E-state index contributed by atoms with van der Waals surface area (Å²) in [6.07, 6.45) is 1.47. The maximum absolute atomic E-state index is 8.98. The molecule has 5 heteroatoms. The standard InChI is InChI=1S/C16H21N5/c17-7-6-16-19-14-4-1-2-5-15(14)21(16)11-3-10-20-12-8-18-9-13-20/h1-2,4-5,18H,3,6,8-13H2. The van der Waals surface area contributed by atoms with Crippen molar-refractivity contribution in [2.24, 2.45) is 0 Å². The van der Waals surface area contributed by atoms with Crippen LogP contribution in [0.4, 0.5) is 0 Å². The Hall–Kier alpha value is -1.90. The molecular weight excluding hydrogens is 262 g/mol.